The molecule has 2 rings (SSSR count). The van der Waals surface area contributed by atoms with Gasteiger partial charge in [0.15, 0.2) is 0 Å². The number of rotatable bonds is 28. The van der Waals surface area contributed by atoms with Crippen LogP contribution in [0.3, 0.4) is 0 Å². The van der Waals surface area contributed by atoms with Crippen LogP contribution in [0.2, 0.25) is 0 Å². The fourth-order valence-corrected chi connectivity index (χ4v) is 6.18. The summed E-state index contributed by atoms with van der Waals surface area (Å²) in [5.74, 6) is 0. The summed E-state index contributed by atoms with van der Waals surface area (Å²) in [7, 11) is -3.55. The van der Waals surface area contributed by atoms with E-state index < -0.39 is 18.8 Å². The first-order valence-corrected chi connectivity index (χ1v) is 18.5. The lowest BCUT2D eigenvalue weighted by atomic mass is 10.0. The molecular formula is C34H57N2O7P. The molecule has 1 atom stereocenters. The van der Waals surface area contributed by atoms with Crippen molar-refractivity contribution in [2.75, 3.05) is 32.8 Å². The van der Waals surface area contributed by atoms with Gasteiger partial charge in [-0.3, -0.25) is 18.9 Å². The lowest BCUT2D eigenvalue weighted by molar-refractivity contribution is 0.0976. The van der Waals surface area contributed by atoms with E-state index in [4.69, 9.17) is 18.5 Å². The molecule has 250 valence electrons. The van der Waals surface area contributed by atoms with Crippen molar-refractivity contribution in [3.05, 3.63) is 68.5 Å². The van der Waals surface area contributed by atoms with Crippen LogP contribution in [0.15, 0.2) is 46.1 Å². The normalized spacial score (nSPS) is 12.9. The van der Waals surface area contributed by atoms with Gasteiger partial charge in [-0.25, -0.2) is 4.79 Å². The minimum absolute atomic E-state index is 0.107. The maximum atomic E-state index is 13.4. The van der Waals surface area contributed by atoms with Gasteiger partial charge in [0.1, 0.15) is 6.35 Å². The molecule has 44 heavy (non-hydrogen) atoms. The van der Waals surface area contributed by atoms with Crippen molar-refractivity contribution in [2.45, 2.75) is 123 Å². The number of aryl methyl sites for hydroxylation is 1. The molecule has 1 aromatic heterocycles. The van der Waals surface area contributed by atoms with Crippen molar-refractivity contribution in [2.24, 2.45) is 0 Å². The molecule has 0 aliphatic heterocycles. The zero-order valence-corrected chi connectivity index (χ0v) is 28.2. The van der Waals surface area contributed by atoms with Crippen LogP contribution in [-0.4, -0.2) is 42.3 Å². The van der Waals surface area contributed by atoms with Gasteiger partial charge in [0, 0.05) is 25.0 Å². The zero-order valence-electron chi connectivity index (χ0n) is 27.3. The molecule has 0 aliphatic carbocycles. The number of nitrogens with zero attached hydrogens (tertiary/aromatic N) is 1. The number of unbranched alkanes of at least 4 members (excludes halogenated alkanes) is 13. The van der Waals surface area contributed by atoms with Crippen LogP contribution in [0.4, 0.5) is 0 Å². The van der Waals surface area contributed by atoms with Crippen LogP contribution in [0.5, 0.6) is 0 Å². The Morgan fingerprint density at radius 2 is 1.30 bits per heavy atom. The summed E-state index contributed by atoms with van der Waals surface area (Å²) in [5, 5.41) is 0. The summed E-state index contributed by atoms with van der Waals surface area (Å²) < 4.78 is 37.6. The largest absolute Gasteiger partial charge is 0.381 e. The number of nitrogens with one attached hydrogen (secondary N) is 1. The first-order chi connectivity index (χ1) is 21.4. The third-order valence-corrected chi connectivity index (χ3v) is 9.15. The van der Waals surface area contributed by atoms with E-state index in [-0.39, 0.29) is 32.7 Å². The second-order valence-electron chi connectivity index (χ2n) is 11.6. The molecule has 0 saturated carbocycles. The number of aromatic nitrogens is 2. The Labute approximate surface area is 264 Å². The van der Waals surface area contributed by atoms with Gasteiger partial charge < -0.3 is 18.5 Å². The number of hydrogen-bond acceptors (Lipinski definition) is 7. The first kappa shape index (κ1) is 38.2. The van der Waals surface area contributed by atoms with Gasteiger partial charge in [0.25, 0.3) is 5.56 Å². The van der Waals surface area contributed by atoms with Crippen molar-refractivity contribution < 1.29 is 23.1 Å². The zero-order chi connectivity index (χ0) is 31.7. The van der Waals surface area contributed by atoms with E-state index >= 15 is 0 Å². The average molecular weight is 637 g/mol. The minimum atomic E-state index is -3.55. The van der Waals surface area contributed by atoms with Crippen LogP contribution in [-0.2, 0) is 36.2 Å². The number of H-pyrrole nitrogens is 1. The van der Waals surface area contributed by atoms with Crippen LogP contribution in [0, 0.1) is 6.92 Å². The second-order valence-corrected chi connectivity index (χ2v) is 13.6. The van der Waals surface area contributed by atoms with Crippen molar-refractivity contribution in [3.8, 4) is 0 Å². The van der Waals surface area contributed by atoms with Crippen LogP contribution in [0.25, 0.3) is 0 Å². The standard InChI is InChI=1S/C34H57N2O7P/c1-3-4-5-6-7-8-9-10-11-12-13-14-15-19-24-40-25-20-26-42-44(39,43-29-32-21-17-16-18-22-32)30-41-27-23-36-28-31(2)33(37)35-34(36)38/h16-18,21-22,28H,3-15,19-20,23-27,29-30H2,1-2H3,(H,35,37,38). The molecule has 0 bridgehead atoms. The maximum Gasteiger partial charge on any atom is 0.356 e. The van der Waals surface area contributed by atoms with E-state index in [2.05, 4.69) is 11.9 Å². The maximum absolute atomic E-state index is 13.4. The lowest BCUT2D eigenvalue weighted by Gasteiger charge is -2.19. The van der Waals surface area contributed by atoms with Gasteiger partial charge in [-0.15, -0.1) is 0 Å². The molecule has 0 spiro atoms. The number of aromatic amines is 1. The molecule has 0 radical (unpaired) electrons. The summed E-state index contributed by atoms with van der Waals surface area (Å²) in [5.41, 5.74) is 0.375. The lowest BCUT2D eigenvalue weighted by Crippen LogP contribution is -2.31. The molecule has 1 N–H and O–H groups in total. The average Bonchev–Trinajstić information content (AvgIpc) is 3.02. The van der Waals surface area contributed by atoms with Crippen molar-refractivity contribution in [1.29, 1.82) is 0 Å². The fraction of sp³-hybridized carbons (Fsp3) is 0.706. The molecule has 1 heterocycles. The topological polar surface area (TPSA) is 109 Å². The summed E-state index contributed by atoms with van der Waals surface area (Å²) in [6.07, 6.45) is 20.5. The van der Waals surface area contributed by atoms with E-state index in [0.717, 1.165) is 18.6 Å². The highest BCUT2D eigenvalue weighted by molar-refractivity contribution is 7.53. The molecular weight excluding hydrogens is 579 g/mol. The Bertz CT molecular complexity index is 1150. The third kappa shape index (κ3) is 18.1. The third-order valence-electron chi connectivity index (χ3n) is 7.55. The van der Waals surface area contributed by atoms with Gasteiger partial charge in [0.2, 0.25) is 0 Å². The second kappa shape index (κ2) is 24.2. The highest BCUT2D eigenvalue weighted by Crippen LogP contribution is 2.49. The minimum Gasteiger partial charge on any atom is -0.381 e. The quantitative estimate of drug-likeness (QED) is 0.0742. The van der Waals surface area contributed by atoms with Gasteiger partial charge >= 0.3 is 13.3 Å². The van der Waals surface area contributed by atoms with Crippen LogP contribution < -0.4 is 11.2 Å². The molecule has 0 aliphatic rings. The van der Waals surface area contributed by atoms with E-state index in [9.17, 15) is 14.2 Å². The Morgan fingerprint density at radius 1 is 0.705 bits per heavy atom. The first-order valence-electron chi connectivity index (χ1n) is 16.8. The number of ether oxygens (including phenoxy) is 2. The molecule has 0 saturated heterocycles. The van der Waals surface area contributed by atoms with Gasteiger partial charge in [0.05, 0.1) is 26.4 Å². The molecule has 0 fully saturated rings. The molecule has 9 nitrogen and oxygen atoms in total. The summed E-state index contributed by atoms with van der Waals surface area (Å²) in [4.78, 5) is 25.8. The van der Waals surface area contributed by atoms with E-state index in [1.165, 1.54) is 94.2 Å². The Hall–Kier alpha value is -2.03. The van der Waals surface area contributed by atoms with Gasteiger partial charge in [-0.1, -0.05) is 121 Å². The predicted molar refractivity (Wildman–Crippen MR) is 177 cm³/mol. The summed E-state index contributed by atoms with van der Waals surface area (Å²) in [6.45, 7) is 5.82. The highest BCUT2D eigenvalue weighted by atomic mass is 31.2. The predicted octanol–water partition coefficient (Wildman–Crippen LogP) is 8.13. The SMILES string of the molecule is CCCCCCCCCCCCCCCCOCCCOP(=O)(COCCn1cc(C)c(=O)[nH]c1=O)OCc1ccccc1. The Morgan fingerprint density at radius 3 is 1.93 bits per heavy atom. The summed E-state index contributed by atoms with van der Waals surface area (Å²) >= 11 is 0. The number of benzene rings is 1. The molecule has 1 unspecified atom stereocenters. The Balaban J connectivity index is 1.55. The Kier molecular flexibility index (Phi) is 21.0. The van der Waals surface area contributed by atoms with Crippen LogP contribution in [0.1, 0.15) is 114 Å². The van der Waals surface area contributed by atoms with E-state index in [0.29, 0.717) is 18.6 Å². The molecule has 10 heteroatoms. The van der Waals surface area contributed by atoms with Gasteiger partial charge in [-0.05, 0) is 25.3 Å². The smallest absolute Gasteiger partial charge is 0.356 e. The molecule has 2 aromatic rings. The van der Waals surface area contributed by atoms with Gasteiger partial charge in [-0.2, -0.15) is 0 Å². The highest BCUT2D eigenvalue weighted by Gasteiger charge is 2.25. The van der Waals surface area contributed by atoms with Crippen molar-refractivity contribution in [3.63, 3.8) is 0 Å². The van der Waals surface area contributed by atoms with E-state index in [1.54, 1.807) is 6.92 Å². The molecule has 1 aromatic carbocycles. The monoisotopic (exact) mass is 636 g/mol. The fourth-order valence-electron chi connectivity index (χ4n) is 4.85. The van der Waals surface area contributed by atoms with Crippen molar-refractivity contribution in [1.82, 2.24) is 9.55 Å². The summed E-state index contributed by atoms with van der Waals surface area (Å²) in [6, 6.07) is 9.46. The van der Waals surface area contributed by atoms with Crippen molar-refractivity contribution >= 4 is 7.60 Å². The number of hydrogen-bond donors (Lipinski definition) is 1. The molecule has 0 amide bonds. The van der Waals surface area contributed by atoms with E-state index in [1.807, 2.05) is 30.3 Å². The van der Waals surface area contributed by atoms with Crippen LogP contribution >= 0.6 is 7.60 Å².